The third-order valence-corrected chi connectivity index (χ3v) is 4.96. The molecule has 0 saturated heterocycles. The van der Waals surface area contributed by atoms with E-state index < -0.39 is 0 Å². The number of hydrogen-bond donors (Lipinski definition) is 1. The van der Waals surface area contributed by atoms with Crippen LogP contribution in [0.25, 0.3) is 11.3 Å². The van der Waals surface area contributed by atoms with Gasteiger partial charge in [-0.2, -0.15) is 5.10 Å². The highest BCUT2D eigenvalue weighted by molar-refractivity contribution is 9.10. The second-order valence-electron chi connectivity index (χ2n) is 6.18. The van der Waals surface area contributed by atoms with E-state index >= 15 is 0 Å². The molecule has 0 saturated carbocycles. The summed E-state index contributed by atoms with van der Waals surface area (Å²) in [4.78, 5) is 14.7. The number of carbonyl (C=O) groups excluding carboxylic acids is 1. The number of hydrogen-bond acceptors (Lipinski definition) is 4. The maximum atomic E-state index is 12.9. The molecule has 0 fully saturated rings. The largest absolute Gasteiger partial charge is 0.454 e. The number of aromatic amines is 1. The van der Waals surface area contributed by atoms with E-state index in [9.17, 15) is 4.79 Å². The van der Waals surface area contributed by atoms with Gasteiger partial charge in [0.2, 0.25) is 6.79 Å². The summed E-state index contributed by atoms with van der Waals surface area (Å²) in [6.07, 6.45) is 0. The lowest BCUT2D eigenvalue weighted by Crippen LogP contribution is -2.30. The van der Waals surface area contributed by atoms with E-state index in [-0.39, 0.29) is 12.7 Å². The average Bonchev–Trinajstić information content (AvgIpc) is 3.35. The predicted molar refractivity (Wildman–Crippen MR) is 105 cm³/mol. The zero-order chi connectivity index (χ0) is 18.8. The summed E-state index contributed by atoms with van der Waals surface area (Å²) >= 11 is 3.42. The van der Waals surface area contributed by atoms with Crippen LogP contribution in [0.1, 0.15) is 23.0 Å². The SMILES string of the molecule is CCN(Cc1ccc2c(c1)OCO2)C(=O)c1cc(-c2ccc(Br)cc2)n[nH]1. The Labute approximate surface area is 165 Å². The molecular formula is C20H18BrN3O3. The van der Waals surface area contributed by atoms with Gasteiger partial charge in [-0.25, -0.2) is 0 Å². The van der Waals surface area contributed by atoms with Gasteiger partial charge in [0.05, 0.1) is 5.69 Å². The number of amides is 1. The van der Waals surface area contributed by atoms with Crippen LogP contribution in [0.4, 0.5) is 0 Å². The highest BCUT2D eigenvalue weighted by atomic mass is 79.9. The van der Waals surface area contributed by atoms with Crippen LogP contribution in [0, 0.1) is 0 Å². The Morgan fingerprint density at radius 3 is 2.70 bits per heavy atom. The maximum absolute atomic E-state index is 12.9. The van der Waals surface area contributed by atoms with Crippen molar-refractivity contribution in [1.29, 1.82) is 0 Å². The molecular weight excluding hydrogens is 410 g/mol. The van der Waals surface area contributed by atoms with Crippen molar-refractivity contribution in [3.63, 3.8) is 0 Å². The normalized spacial score (nSPS) is 12.2. The highest BCUT2D eigenvalue weighted by Gasteiger charge is 2.19. The minimum Gasteiger partial charge on any atom is -0.454 e. The van der Waals surface area contributed by atoms with Gasteiger partial charge < -0.3 is 14.4 Å². The van der Waals surface area contributed by atoms with E-state index in [4.69, 9.17) is 9.47 Å². The van der Waals surface area contributed by atoms with Crippen molar-refractivity contribution in [3.05, 3.63) is 64.3 Å². The molecule has 0 atom stereocenters. The van der Waals surface area contributed by atoms with E-state index in [2.05, 4.69) is 26.1 Å². The lowest BCUT2D eigenvalue weighted by atomic mass is 10.1. The fourth-order valence-corrected chi connectivity index (χ4v) is 3.22. The van der Waals surface area contributed by atoms with Crippen molar-refractivity contribution in [3.8, 4) is 22.8 Å². The molecule has 0 spiro atoms. The van der Waals surface area contributed by atoms with Crippen LogP contribution in [0.2, 0.25) is 0 Å². The topological polar surface area (TPSA) is 67.5 Å². The van der Waals surface area contributed by atoms with Gasteiger partial charge in [0.15, 0.2) is 11.5 Å². The van der Waals surface area contributed by atoms with E-state index in [1.54, 1.807) is 11.0 Å². The Morgan fingerprint density at radius 1 is 1.15 bits per heavy atom. The molecule has 0 aliphatic carbocycles. The van der Waals surface area contributed by atoms with E-state index in [1.807, 2.05) is 49.4 Å². The molecule has 4 rings (SSSR count). The first-order valence-electron chi connectivity index (χ1n) is 8.63. The minimum atomic E-state index is -0.0916. The van der Waals surface area contributed by atoms with Crippen molar-refractivity contribution in [2.75, 3.05) is 13.3 Å². The van der Waals surface area contributed by atoms with Gasteiger partial charge >= 0.3 is 0 Å². The first-order valence-corrected chi connectivity index (χ1v) is 9.42. The van der Waals surface area contributed by atoms with E-state index in [1.165, 1.54) is 0 Å². The molecule has 0 bridgehead atoms. The van der Waals surface area contributed by atoms with Gasteiger partial charge in [-0.3, -0.25) is 9.89 Å². The number of aromatic nitrogens is 2. The van der Waals surface area contributed by atoms with E-state index in [0.717, 1.165) is 32.8 Å². The van der Waals surface area contributed by atoms with Crippen LogP contribution in [-0.2, 0) is 6.54 Å². The number of nitrogens with one attached hydrogen (secondary N) is 1. The molecule has 3 aromatic rings. The van der Waals surface area contributed by atoms with Crippen LogP contribution in [0.3, 0.4) is 0 Å². The summed E-state index contributed by atoms with van der Waals surface area (Å²) in [5.74, 6) is 1.36. The predicted octanol–water partition coefficient (Wildman–Crippen LogP) is 4.23. The lowest BCUT2D eigenvalue weighted by Gasteiger charge is -2.20. The van der Waals surface area contributed by atoms with Gasteiger partial charge in [-0.1, -0.05) is 34.1 Å². The standard InChI is InChI=1S/C20H18BrN3O3/c1-2-24(11-13-3-8-18-19(9-13)27-12-26-18)20(25)17-10-16(22-23-17)14-4-6-15(21)7-5-14/h3-10H,2,11-12H2,1H3,(H,22,23). The quantitative estimate of drug-likeness (QED) is 0.661. The third-order valence-electron chi connectivity index (χ3n) is 4.43. The highest BCUT2D eigenvalue weighted by Crippen LogP contribution is 2.33. The number of benzene rings is 2. The van der Waals surface area contributed by atoms with Crippen molar-refractivity contribution in [2.45, 2.75) is 13.5 Å². The summed E-state index contributed by atoms with van der Waals surface area (Å²) < 4.78 is 11.7. The summed E-state index contributed by atoms with van der Waals surface area (Å²) in [5, 5.41) is 7.15. The molecule has 1 aromatic heterocycles. The first kappa shape index (κ1) is 17.6. The van der Waals surface area contributed by atoms with Crippen LogP contribution in [0.15, 0.2) is 53.0 Å². The van der Waals surface area contributed by atoms with Crippen LogP contribution < -0.4 is 9.47 Å². The number of H-pyrrole nitrogens is 1. The number of rotatable bonds is 5. The summed E-state index contributed by atoms with van der Waals surface area (Å²) in [6, 6.07) is 15.3. The molecule has 1 amide bonds. The summed E-state index contributed by atoms with van der Waals surface area (Å²) in [5.41, 5.74) is 3.15. The summed E-state index contributed by atoms with van der Waals surface area (Å²) in [6.45, 7) is 3.26. The third kappa shape index (κ3) is 3.68. The van der Waals surface area contributed by atoms with Gasteiger partial charge in [-0.05, 0) is 42.8 Å². The maximum Gasteiger partial charge on any atom is 0.272 e. The van der Waals surface area contributed by atoms with E-state index in [0.29, 0.717) is 18.8 Å². The molecule has 1 aliphatic rings. The fourth-order valence-electron chi connectivity index (χ4n) is 2.96. The van der Waals surface area contributed by atoms with Gasteiger partial charge in [0.25, 0.3) is 5.91 Å². The Balaban J connectivity index is 1.51. The second-order valence-corrected chi connectivity index (χ2v) is 7.10. The molecule has 0 unspecified atom stereocenters. The van der Waals surface area contributed by atoms with Crippen LogP contribution in [-0.4, -0.2) is 34.3 Å². The Bertz CT molecular complexity index is 969. The molecule has 2 aromatic carbocycles. The fraction of sp³-hybridized carbons (Fsp3) is 0.200. The Hall–Kier alpha value is -2.80. The number of nitrogens with zero attached hydrogens (tertiary/aromatic N) is 2. The number of ether oxygens (including phenoxy) is 2. The molecule has 27 heavy (non-hydrogen) atoms. The lowest BCUT2D eigenvalue weighted by molar-refractivity contribution is 0.0746. The monoisotopic (exact) mass is 427 g/mol. The van der Waals surface area contributed by atoms with Gasteiger partial charge in [0.1, 0.15) is 5.69 Å². The number of halogens is 1. The van der Waals surface area contributed by atoms with Crippen molar-refractivity contribution in [1.82, 2.24) is 15.1 Å². The van der Waals surface area contributed by atoms with Crippen LogP contribution in [0.5, 0.6) is 11.5 Å². The van der Waals surface area contributed by atoms with Gasteiger partial charge in [-0.15, -0.1) is 0 Å². The molecule has 1 N–H and O–H groups in total. The zero-order valence-electron chi connectivity index (χ0n) is 14.7. The Morgan fingerprint density at radius 2 is 1.93 bits per heavy atom. The minimum absolute atomic E-state index is 0.0916. The molecule has 7 heteroatoms. The molecule has 6 nitrogen and oxygen atoms in total. The smallest absolute Gasteiger partial charge is 0.272 e. The van der Waals surface area contributed by atoms with Crippen molar-refractivity contribution in [2.24, 2.45) is 0 Å². The van der Waals surface area contributed by atoms with Crippen LogP contribution >= 0.6 is 15.9 Å². The average molecular weight is 428 g/mol. The number of carbonyl (C=O) groups is 1. The van der Waals surface area contributed by atoms with Crippen molar-refractivity contribution >= 4 is 21.8 Å². The summed E-state index contributed by atoms with van der Waals surface area (Å²) in [7, 11) is 0. The van der Waals surface area contributed by atoms with Crippen molar-refractivity contribution < 1.29 is 14.3 Å². The molecule has 2 heterocycles. The molecule has 0 radical (unpaired) electrons. The molecule has 1 aliphatic heterocycles. The first-order chi connectivity index (χ1) is 13.1. The number of fused-ring (bicyclic) bond motifs is 1. The molecule has 138 valence electrons. The zero-order valence-corrected chi connectivity index (χ0v) is 16.3. The Kier molecular flexibility index (Phi) is 4.85. The van der Waals surface area contributed by atoms with Gasteiger partial charge in [0, 0.05) is 23.1 Å². The second kappa shape index (κ2) is 7.44.